The van der Waals surface area contributed by atoms with E-state index in [2.05, 4.69) is 43.4 Å². The van der Waals surface area contributed by atoms with E-state index >= 15 is 0 Å². The van der Waals surface area contributed by atoms with E-state index in [0.29, 0.717) is 6.04 Å². The summed E-state index contributed by atoms with van der Waals surface area (Å²) in [6.07, 6.45) is 4.31. The molecule has 20 heavy (non-hydrogen) atoms. The van der Waals surface area contributed by atoms with Crippen LogP contribution in [0, 0.1) is 0 Å². The third-order valence-electron chi connectivity index (χ3n) is 3.68. The minimum Gasteiger partial charge on any atom is -0.350 e. The molecule has 0 radical (unpaired) electrons. The van der Waals surface area contributed by atoms with Gasteiger partial charge in [-0.2, -0.15) is 0 Å². The number of benzene rings is 1. The summed E-state index contributed by atoms with van der Waals surface area (Å²) in [6, 6.07) is 9.29. The largest absolute Gasteiger partial charge is 0.350 e. The molecule has 1 heterocycles. The Morgan fingerprint density at radius 1 is 1.10 bits per heavy atom. The average Bonchev–Trinajstić information content (AvgIpc) is 2.98. The zero-order chi connectivity index (χ0) is 14.2. The minimum atomic E-state index is -0.0559. The van der Waals surface area contributed by atoms with Crippen molar-refractivity contribution >= 4 is 0 Å². The molecule has 1 aliphatic rings. The Hall–Kier alpha value is -0.900. The summed E-state index contributed by atoms with van der Waals surface area (Å²) in [5.41, 5.74) is 2.75. The molecule has 1 aromatic rings. The van der Waals surface area contributed by atoms with E-state index in [1.165, 1.54) is 17.5 Å². The van der Waals surface area contributed by atoms with E-state index in [9.17, 15) is 0 Å². The van der Waals surface area contributed by atoms with Gasteiger partial charge in [0, 0.05) is 12.5 Å². The van der Waals surface area contributed by atoms with Crippen molar-refractivity contribution in [2.75, 3.05) is 19.8 Å². The highest BCUT2D eigenvalue weighted by molar-refractivity contribution is 5.25. The van der Waals surface area contributed by atoms with Crippen LogP contribution in [0.5, 0.6) is 0 Å². The molecule has 1 aromatic carbocycles. The van der Waals surface area contributed by atoms with Crippen LogP contribution in [0.3, 0.4) is 0 Å². The highest BCUT2D eigenvalue weighted by Crippen LogP contribution is 2.23. The monoisotopic (exact) mass is 277 g/mol. The maximum absolute atomic E-state index is 5.58. The first kappa shape index (κ1) is 15.5. The molecule has 2 rings (SSSR count). The number of hydrogen-bond acceptors (Lipinski definition) is 3. The molecule has 1 saturated heterocycles. The molecule has 0 aromatic heterocycles. The summed E-state index contributed by atoms with van der Waals surface area (Å²) < 4.78 is 11.2. The Labute approximate surface area is 122 Å². The SMILES string of the molecule is CCCNC(CC1OCCO1)c1ccc(CCC)cc1. The van der Waals surface area contributed by atoms with Crippen LogP contribution in [0.25, 0.3) is 0 Å². The van der Waals surface area contributed by atoms with Gasteiger partial charge in [0.05, 0.1) is 13.2 Å². The van der Waals surface area contributed by atoms with Crippen LogP contribution < -0.4 is 5.32 Å². The van der Waals surface area contributed by atoms with Crippen LogP contribution in [0.4, 0.5) is 0 Å². The Morgan fingerprint density at radius 3 is 2.40 bits per heavy atom. The van der Waals surface area contributed by atoms with Gasteiger partial charge in [-0.3, -0.25) is 0 Å². The highest BCUT2D eigenvalue weighted by atomic mass is 16.7. The van der Waals surface area contributed by atoms with E-state index in [1.807, 2.05) is 0 Å². The molecule has 1 atom stereocenters. The van der Waals surface area contributed by atoms with E-state index in [0.717, 1.165) is 39.0 Å². The van der Waals surface area contributed by atoms with Gasteiger partial charge < -0.3 is 14.8 Å². The lowest BCUT2D eigenvalue weighted by Crippen LogP contribution is -2.26. The van der Waals surface area contributed by atoms with Gasteiger partial charge in [0.15, 0.2) is 6.29 Å². The van der Waals surface area contributed by atoms with Crippen molar-refractivity contribution in [1.82, 2.24) is 5.32 Å². The van der Waals surface area contributed by atoms with Gasteiger partial charge in [-0.1, -0.05) is 44.5 Å². The fraction of sp³-hybridized carbons (Fsp3) is 0.647. The molecule has 0 aliphatic carbocycles. The molecular weight excluding hydrogens is 250 g/mol. The van der Waals surface area contributed by atoms with E-state index in [4.69, 9.17) is 9.47 Å². The van der Waals surface area contributed by atoms with Gasteiger partial charge in [0.1, 0.15) is 0 Å². The lowest BCUT2D eigenvalue weighted by Gasteiger charge is -2.22. The van der Waals surface area contributed by atoms with Crippen LogP contribution in [-0.2, 0) is 15.9 Å². The van der Waals surface area contributed by atoms with Crippen LogP contribution in [0.2, 0.25) is 0 Å². The molecule has 3 heteroatoms. The normalized spacial score (nSPS) is 17.5. The maximum atomic E-state index is 5.58. The number of nitrogens with one attached hydrogen (secondary N) is 1. The second-order valence-electron chi connectivity index (χ2n) is 5.41. The quantitative estimate of drug-likeness (QED) is 0.789. The number of hydrogen-bond donors (Lipinski definition) is 1. The Bertz CT molecular complexity index is 371. The third kappa shape index (κ3) is 4.58. The van der Waals surface area contributed by atoms with E-state index in [-0.39, 0.29) is 6.29 Å². The lowest BCUT2D eigenvalue weighted by molar-refractivity contribution is -0.0530. The topological polar surface area (TPSA) is 30.5 Å². The molecule has 0 amide bonds. The highest BCUT2D eigenvalue weighted by Gasteiger charge is 2.22. The number of aryl methyl sites for hydroxylation is 1. The molecule has 0 saturated carbocycles. The molecule has 1 aliphatic heterocycles. The predicted molar refractivity (Wildman–Crippen MR) is 81.8 cm³/mol. The Balaban J connectivity index is 1.99. The molecular formula is C17H27NO2. The lowest BCUT2D eigenvalue weighted by atomic mass is 10.00. The first-order chi connectivity index (χ1) is 9.83. The number of ether oxygens (including phenoxy) is 2. The zero-order valence-corrected chi connectivity index (χ0v) is 12.7. The van der Waals surface area contributed by atoms with Crippen molar-refractivity contribution in [3.8, 4) is 0 Å². The van der Waals surface area contributed by atoms with Gasteiger partial charge in [0.2, 0.25) is 0 Å². The first-order valence-electron chi connectivity index (χ1n) is 7.89. The minimum absolute atomic E-state index is 0.0559. The summed E-state index contributed by atoms with van der Waals surface area (Å²) in [4.78, 5) is 0. The molecule has 1 fully saturated rings. The molecule has 1 N–H and O–H groups in total. The average molecular weight is 277 g/mol. The summed E-state index contributed by atoms with van der Waals surface area (Å²) >= 11 is 0. The van der Waals surface area contributed by atoms with Crippen molar-refractivity contribution in [3.05, 3.63) is 35.4 Å². The molecule has 0 spiro atoms. The van der Waals surface area contributed by atoms with E-state index in [1.54, 1.807) is 0 Å². The smallest absolute Gasteiger partial charge is 0.159 e. The van der Waals surface area contributed by atoms with Crippen LogP contribution in [0.1, 0.15) is 50.3 Å². The van der Waals surface area contributed by atoms with Crippen molar-refractivity contribution in [1.29, 1.82) is 0 Å². The summed E-state index contributed by atoms with van der Waals surface area (Å²) in [5, 5.41) is 3.60. The van der Waals surface area contributed by atoms with E-state index < -0.39 is 0 Å². The van der Waals surface area contributed by atoms with Crippen LogP contribution in [-0.4, -0.2) is 26.0 Å². The zero-order valence-electron chi connectivity index (χ0n) is 12.7. The second-order valence-corrected chi connectivity index (χ2v) is 5.41. The standard InChI is InChI=1S/C17H27NO2/c1-3-5-14-6-8-15(9-7-14)16(18-10-4-2)13-17-19-11-12-20-17/h6-9,16-18H,3-5,10-13H2,1-2H3. The van der Waals surface area contributed by atoms with Crippen LogP contribution >= 0.6 is 0 Å². The maximum Gasteiger partial charge on any atom is 0.159 e. The summed E-state index contributed by atoms with van der Waals surface area (Å²) in [6.45, 7) is 6.88. The van der Waals surface area contributed by atoms with Crippen molar-refractivity contribution in [2.24, 2.45) is 0 Å². The fourth-order valence-corrected chi connectivity index (χ4v) is 2.60. The molecule has 3 nitrogen and oxygen atoms in total. The third-order valence-corrected chi connectivity index (χ3v) is 3.68. The molecule has 1 unspecified atom stereocenters. The molecule has 0 bridgehead atoms. The first-order valence-corrected chi connectivity index (χ1v) is 7.89. The van der Waals surface area contributed by atoms with Crippen molar-refractivity contribution in [2.45, 2.75) is 51.9 Å². The molecule has 112 valence electrons. The van der Waals surface area contributed by atoms with Crippen LogP contribution in [0.15, 0.2) is 24.3 Å². The second kappa shape index (κ2) is 8.40. The van der Waals surface area contributed by atoms with Crippen molar-refractivity contribution in [3.63, 3.8) is 0 Å². The van der Waals surface area contributed by atoms with Crippen molar-refractivity contribution < 1.29 is 9.47 Å². The predicted octanol–water partition coefficient (Wildman–Crippen LogP) is 3.44. The van der Waals surface area contributed by atoms with Gasteiger partial charge in [-0.15, -0.1) is 0 Å². The van der Waals surface area contributed by atoms with Gasteiger partial charge in [-0.25, -0.2) is 0 Å². The summed E-state index contributed by atoms with van der Waals surface area (Å²) in [7, 11) is 0. The fourth-order valence-electron chi connectivity index (χ4n) is 2.60. The Kier molecular flexibility index (Phi) is 6.51. The van der Waals surface area contributed by atoms with Gasteiger partial charge >= 0.3 is 0 Å². The van der Waals surface area contributed by atoms with Gasteiger partial charge in [-0.05, 0) is 30.5 Å². The van der Waals surface area contributed by atoms with Gasteiger partial charge in [0.25, 0.3) is 0 Å². The number of rotatable bonds is 8. The summed E-state index contributed by atoms with van der Waals surface area (Å²) in [5.74, 6) is 0. The Morgan fingerprint density at radius 2 is 1.80 bits per heavy atom.